The maximum atomic E-state index is 13.8. The number of thioether (sulfide) groups is 1. The first-order valence-corrected chi connectivity index (χ1v) is 8.67. The van der Waals surface area contributed by atoms with E-state index in [-0.39, 0.29) is 17.3 Å². The summed E-state index contributed by atoms with van der Waals surface area (Å²) < 4.78 is 20.4. The number of nitrogens with one attached hydrogen (secondary N) is 1. The van der Waals surface area contributed by atoms with Gasteiger partial charge in [0.05, 0.1) is 24.2 Å². The first kappa shape index (κ1) is 17.9. The van der Waals surface area contributed by atoms with Crippen LogP contribution in [0.4, 0.5) is 10.1 Å². The summed E-state index contributed by atoms with van der Waals surface area (Å²) in [6, 6.07) is 11.8. The molecule has 0 saturated heterocycles. The summed E-state index contributed by atoms with van der Waals surface area (Å²) in [7, 11) is 1.59. The van der Waals surface area contributed by atoms with E-state index in [0.29, 0.717) is 5.16 Å². The molecule has 1 aromatic heterocycles. The molecule has 2 aromatic carbocycles. The number of amides is 1. The lowest BCUT2D eigenvalue weighted by Crippen LogP contribution is -2.15. The third-order valence-electron chi connectivity index (χ3n) is 3.49. The van der Waals surface area contributed by atoms with Crippen LogP contribution in [0.1, 0.15) is 5.56 Å². The molecule has 0 aliphatic rings. The summed E-state index contributed by atoms with van der Waals surface area (Å²) in [4.78, 5) is 12.1. The van der Waals surface area contributed by atoms with Crippen molar-refractivity contribution in [1.29, 1.82) is 0 Å². The molecule has 0 saturated carbocycles. The molecule has 3 aromatic rings. The van der Waals surface area contributed by atoms with Gasteiger partial charge in [0.15, 0.2) is 0 Å². The van der Waals surface area contributed by atoms with Crippen LogP contribution in [0.15, 0.2) is 47.6 Å². The molecule has 9 heteroatoms. The van der Waals surface area contributed by atoms with Crippen molar-refractivity contribution in [3.63, 3.8) is 0 Å². The Kier molecular flexibility index (Phi) is 5.47. The molecule has 7 nitrogen and oxygen atoms in total. The minimum Gasteiger partial charge on any atom is -0.497 e. The van der Waals surface area contributed by atoms with E-state index in [1.54, 1.807) is 44.4 Å². The Bertz CT molecular complexity index is 914. The number of hydrogen-bond donors (Lipinski definition) is 1. The van der Waals surface area contributed by atoms with Crippen molar-refractivity contribution in [2.75, 3.05) is 18.2 Å². The van der Waals surface area contributed by atoms with Gasteiger partial charge in [0.25, 0.3) is 0 Å². The predicted molar refractivity (Wildman–Crippen MR) is 96.2 cm³/mol. The fourth-order valence-electron chi connectivity index (χ4n) is 2.19. The van der Waals surface area contributed by atoms with E-state index in [2.05, 4.69) is 20.8 Å². The van der Waals surface area contributed by atoms with Gasteiger partial charge < -0.3 is 10.1 Å². The Morgan fingerprint density at radius 3 is 2.73 bits per heavy atom. The van der Waals surface area contributed by atoms with Crippen molar-refractivity contribution >= 4 is 23.4 Å². The highest BCUT2D eigenvalue weighted by Crippen LogP contribution is 2.21. The van der Waals surface area contributed by atoms with E-state index in [4.69, 9.17) is 4.74 Å². The van der Waals surface area contributed by atoms with E-state index >= 15 is 0 Å². The van der Waals surface area contributed by atoms with Gasteiger partial charge in [-0.05, 0) is 59.3 Å². The molecule has 0 atom stereocenters. The number of benzene rings is 2. The van der Waals surface area contributed by atoms with Crippen LogP contribution >= 0.6 is 11.8 Å². The van der Waals surface area contributed by atoms with Gasteiger partial charge in [0.1, 0.15) is 11.6 Å². The summed E-state index contributed by atoms with van der Waals surface area (Å²) >= 11 is 1.16. The molecule has 1 heterocycles. The molecule has 0 aliphatic heterocycles. The molecule has 0 bridgehead atoms. The maximum absolute atomic E-state index is 13.8. The van der Waals surface area contributed by atoms with Gasteiger partial charge in [-0.15, -0.1) is 5.10 Å². The second-order valence-corrected chi connectivity index (χ2v) is 6.33. The van der Waals surface area contributed by atoms with Crippen LogP contribution in [0.2, 0.25) is 0 Å². The van der Waals surface area contributed by atoms with E-state index in [0.717, 1.165) is 28.8 Å². The number of aryl methyl sites for hydroxylation is 1. The summed E-state index contributed by atoms with van der Waals surface area (Å²) in [5.74, 6) is -0.0481. The third-order valence-corrected chi connectivity index (χ3v) is 4.41. The topological polar surface area (TPSA) is 81.9 Å². The second-order valence-electron chi connectivity index (χ2n) is 5.39. The van der Waals surface area contributed by atoms with E-state index in [9.17, 15) is 9.18 Å². The number of tetrazole rings is 1. The smallest absolute Gasteiger partial charge is 0.234 e. The van der Waals surface area contributed by atoms with Gasteiger partial charge in [-0.3, -0.25) is 4.79 Å². The zero-order valence-corrected chi connectivity index (χ0v) is 15.0. The predicted octanol–water partition coefficient (Wildman–Crippen LogP) is 2.85. The monoisotopic (exact) mass is 373 g/mol. The van der Waals surface area contributed by atoms with E-state index in [1.165, 1.54) is 16.8 Å². The van der Waals surface area contributed by atoms with Gasteiger partial charge >= 0.3 is 0 Å². The number of rotatable bonds is 6. The van der Waals surface area contributed by atoms with Crippen LogP contribution in [0.25, 0.3) is 5.69 Å². The van der Waals surface area contributed by atoms with Crippen LogP contribution in [-0.2, 0) is 4.79 Å². The van der Waals surface area contributed by atoms with Crippen molar-refractivity contribution in [2.45, 2.75) is 12.1 Å². The summed E-state index contributed by atoms with van der Waals surface area (Å²) in [6.07, 6.45) is 0. The van der Waals surface area contributed by atoms with Crippen molar-refractivity contribution in [3.05, 3.63) is 53.8 Å². The first-order chi connectivity index (χ1) is 12.6. The normalized spacial score (nSPS) is 10.6. The number of aromatic nitrogens is 4. The van der Waals surface area contributed by atoms with Gasteiger partial charge in [-0.25, -0.2) is 4.39 Å². The lowest BCUT2D eigenvalue weighted by atomic mass is 10.2. The zero-order chi connectivity index (χ0) is 18.5. The quantitative estimate of drug-likeness (QED) is 0.669. The number of hydrogen-bond acceptors (Lipinski definition) is 6. The Morgan fingerprint density at radius 2 is 2.04 bits per heavy atom. The summed E-state index contributed by atoms with van der Waals surface area (Å²) in [6.45, 7) is 1.78. The van der Waals surface area contributed by atoms with Gasteiger partial charge in [0.2, 0.25) is 11.1 Å². The van der Waals surface area contributed by atoms with Crippen LogP contribution in [0, 0.1) is 12.7 Å². The lowest BCUT2D eigenvalue weighted by Gasteiger charge is -2.07. The van der Waals surface area contributed by atoms with Crippen molar-refractivity contribution in [1.82, 2.24) is 20.2 Å². The molecule has 26 heavy (non-hydrogen) atoms. The van der Waals surface area contributed by atoms with Crippen molar-refractivity contribution < 1.29 is 13.9 Å². The van der Waals surface area contributed by atoms with Crippen molar-refractivity contribution in [2.24, 2.45) is 0 Å². The fourth-order valence-corrected chi connectivity index (χ4v) is 2.88. The third kappa shape index (κ3) is 4.17. The molecule has 0 aliphatic carbocycles. The number of halogens is 1. The Morgan fingerprint density at radius 1 is 1.27 bits per heavy atom. The standard InChI is InChI=1S/C17H16FN5O2S/c1-11-3-8-15(14(18)9-11)19-16(24)10-26-17-20-21-22-23(17)12-4-6-13(25-2)7-5-12/h3-9H,10H2,1-2H3,(H,19,24). The first-order valence-electron chi connectivity index (χ1n) is 7.68. The molecule has 3 rings (SSSR count). The molecular formula is C17H16FN5O2S. The van der Waals surface area contributed by atoms with Gasteiger partial charge in [-0.1, -0.05) is 17.8 Å². The Balaban J connectivity index is 1.64. The van der Waals surface area contributed by atoms with Gasteiger partial charge in [-0.2, -0.15) is 4.68 Å². The molecule has 1 amide bonds. The van der Waals surface area contributed by atoms with Crippen molar-refractivity contribution in [3.8, 4) is 11.4 Å². The molecule has 134 valence electrons. The van der Waals surface area contributed by atoms with E-state index in [1.807, 2.05) is 0 Å². The number of carbonyl (C=O) groups excluding carboxylic acids is 1. The zero-order valence-electron chi connectivity index (χ0n) is 14.1. The number of anilines is 1. The summed E-state index contributed by atoms with van der Waals surface area (Å²) in [5, 5.41) is 14.5. The lowest BCUT2D eigenvalue weighted by molar-refractivity contribution is -0.113. The number of nitrogens with zero attached hydrogens (tertiary/aromatic N) is 4. The van der Waals surface area contributed by atoms with Gasteiger partial charge in [0, 0.05) is 0 Å². The fraction of sp³-hybridized carbons (Fsp3) is 0.176. The minimum absolute atomic E-state index is 0.0455. The highest BCUT2D eigenvalue weighted by atomic mass is 32.2. The highest BCUT2D eigenvalue weighted by molar-refractivity contribution is 7.99. The molecular weight excluding hydrogens is 357 g/mol. The molecule has 0 spiro atoms. The Labute approximate surface area is 153 Å². The average molecular weight is 373 g/mol. The SMILES string of the molecule is COc1ccc(-n2nnnc2SCC(=O)Nc2ccc(C)cc2F)cc1. The summed E-state index contributed by atoms with van der Waals surface area (Å²) in [5.41, 5.74) is 1.67. The maximum Gasteiger partial charge on any atom is 0.234 e. The molecule has 1 N–H and O–H groups in total. The number of methoxy groups -OCH3 is 1. The van der Waals surface area contributed by atoms with E-state index < -0.39 is 5.82 Å². The van der Waals surface area contributed by atoms with Crippen LogP contribution in [0.5, 0.6) is 5.75 Å². The second kappa shape index (κ2) is 7.96. The molecule has 0 fully saturated rings. The highest BCUT2D eigenvalue weighted by Gasteiger charge is 2.13. The average Bonchev–Trinajstić information content (AvgIpc) is 3.11. The van der Waals surface area contributed by atoms with Crippen LogP contribution in [-0.4, -0.2) is 39.0 Å². The minimum atomic E-state index is -0.466. The number of ether oxygens (including phenoxy) is 1. The largest absolute Gasteiger partial charge is 0.497 e. The number of carbonyl (C=O) groups is 1. The van der Waals surface area contributed by atoms with Crippen LogP contribution < -0.4 is 10.1 Å². The molecule has 0 unspecified atom stereocenters. The molecule has 0 radical (unpaired) electrons. The van der Waals surface area contributed by atoms with Crippen LogP contribution in [0.3, 0.4) is 0 Å². The Hall–Kier alpha value is -2.94.